The van der Waals surface area contributed by atoms with E-state index >= 15 is 0 Å². The standard InChI is InChI=1S/C22H16N4O2S/c1-15-7-9-16(10-8-15)20-22(29-19-5-3-2-4-6-19)23-21(25-24-20)17-11-13-18(14-12-17)26(27)28/h2-14H,1H3. The van der Waals surface area contributed by atoms with Gasteiger partial charge in [0.15, 0.2) is 5.82 Å². The Labute approximate surface area is 171 Å². The fourth-order valence-electron chi connectivity index (χ4n) is 2.73. The van der Waals surface area contributed by atoms with Crippen molar-refractivity contribution in [1.82, 2.24) is 15.2 Å². The first kappa shape index (κ1) is 18.8. The van der Waals surface area contributed by atoms with Gasteiger partial charge in [0, 0.05) is 28.2 Å². The van der Waals surface area contributed by atoms with Crippen molar-refractivity contribution in [2.24, 2.45) is 0 Å². The van der Waals surface area contributed by atoms with Gasteiger partial charge in [0.05, 0.1) is 4.92 Å². The van der Waals surface area contributed by atoms with Gasteiger partial charge in [0.2, 0.25) is 0 Å². The Bertz CT molecular complexity index is 1150. The average Bonchev–Trinajstić information content (AvgIpc) is 2.75. The molecule has 3 aromatic carbocycles. The smallest absolute Gasteiger partial charge is 0.258 e. The molecule has 6 nitrogen and oxygen atoms in total. The third-order valence-electron chi connectivity index (χ3n) is 4.27. The highest BCUT2D eigenvalue weighted by atomic mass is 32.2. The van der Waals surface area contributed by atoms with Gasteiger partial charge in [-0.1, -0.05) is 59.8 Å². The first-order valence-electron chi connectivity index (χ1n) is 8.89. The van der Waals surface area contributed by atoms with E-state index in [1.165, 1.54) is 23.9 Å². The van der Waals surface area contributed by atoms with E-state index in [2.05, 4.69) is 10.2 Å². The molecular weight excluding hydrogens is 384 g/mol. The van der Waals surface area contributed by atoms with Gasteiger partial charge in [-0.15, -0.1) is 10.2 Å². The molecule has 0 aliphatic heterocycles. The summed E-state index contributed by atoms with van der Waals surface area (Å²) in [4.78, 5) is 16.2. The van der Waals surface area contributed by atoms with Crippen LogP contribution in [0.25, 0.3) is 22.6 Å². The molecule has 0 saturated heterocycles. The summed E-state index contributed by atoms with van der Waals surface area (Å²) >= 11 is 1.51. The van der Waals surface area contributed by atoms with Gasteiger partial charge < -0.3 is 0 Å². The number of nitro groups is 1. The number of benzene rings is 3. The van der Waals surface area contributed by atoms with Crippen LogP contribution in [0.4, 0.5) is 5.69 Å². The maximum absolute atomic E-state index is 10.9. The molecule has 0 aliphatic rings. The number of nitro benzene ring substituents is 1. The summed E-state index contributed by atoms with van der Waals surface area (Å²) in [5, 5.41) is 20.3. The van der Waals surface area contributed by atoms with Crippen LogP contribution in [-0.4, -0.2) is 20.1 Å². The third kappa shape index (κ3) is 4.30. The van der Waals surface area contributed by atoms with Gasteiger partial charge >= 0.3 is 0 Å². The van der Waals surface area contributed by atoms with Crippen molar-refractivity contribution in [2.75, 3.05) is 0 Å². The molecule has 0 radical (unpaired) electrons. The number of non-ortho nitro benzene ring substituents is 1. The molecule has 0 spiro atoms. The first-order chi connectivity index (χ1) is 14.1. The van der Waals surface area contributed by atoms with E-state index in [1.807, 2.05) is 61.5 Å². The normalized spacial score (nSPS) is 10.7. The topological polar surface area (TPSA) is 81.8 Å². The molecule has 0 bridgehead atoms. The number of nitrogens with zero attached hydrogens (tertiary/aromatic N) is 4. The number of rotatable bonds is 5. The van der Waals surface area contributed by atoms with Crippen LogP contribution in [0.5, 0.6) is 0 Å². The lowest BCUT2D eigenvalue weighted by Crippen LogP contribution is -1.99. The van der Waals surface area contributed by atoms with Gasteiger partial charge in [0.1, 0.15) is 10.7 Å². The van der Waals surface area contributed by atoms with Crippen molar-refractivity contribution in [3.05, 3.63) is 94.5 Å². The minimum Gasteiger partial charge on any atom is -0.258 e. The van der Waals surface area contributed by atoms with E-state index in [4.69, 9.17) is 4.98 Å². The van der Waals surface area contributed by atoms with Crippen molar-refractivity contribution in [3.8, 4) is 22.6 Å². The average molecular weight is 400 g/mol. The van der Waals surface area contributed by atoms with E-state index < -0.39 is 4.92 Å². The second-order valence-corrected chi connectivity index (χ2v) is 7.44. The summed E-state index contributed by atoms with van der Waals surface area (Å²) in [6.07, 6.45) is 0. The Kier molecular flexibility index (Phi) is 5.31. The van der Waals surface area contributed by atoms with Crippen molar-refractivity contribution in [3.63, 3.8) is 0 Å². The van der Waals surface area contributed by atoms with E-state index in [9.17, 15) is 10.1 Å². The molecule has 7 heteroatoms. The third-order valence-corrected chi connectivity index (χ3v) is 5.26. The molecule has 0 N–H and O–H groups in total. The number of hydrogen-bond acceptors (Lipinski definition) is 6. The van der Waals surface area contributed by atoms with E-state index in [-0.39, 0.29) is 5.69 Å². The van der Waals surface area contributed by atoms with E-state index in [0.29, 0.717) is 17.1 Å². The van der Waals surface area contributed by atoms with Crippen molar-refractivity contribution in [1.29, 1.82) is 0 Å². The minimum absolute atomic E-state index is 0.0249. The van der Waals surface area contributed by atoms with Crippen LogP contribution in [0, 0.1) is 17.0 Å². The Morgan fingerprint density at radius 2 is 1.48 bits per heavy atom. The maximum Gasteiger partial charge on any atom is 0.269 e. The summed E-state index contributed by atoms with van der Waals surface area (Å²) < 4.78 is 0. The predicted molar refractivity (Wildman–Crippen MR) is 113 cm³/mol. The van der Waals surface area contributed by atoms with Crippen molar-refractivity contribution in [2.45, 2.75) is 16.8 Å². The van der Waals surface area contributed by atoms with Crippen LogP contribution in [0.1, 0.15) is 5.56 Å². The monoisotopic (exact) mass is 400 g/mol. The van der Waals surface area contributed by atoms with Gasteiger partial charge in [-0.25, -0.2) is 4.98 Å². The van der Waals surface area contributed by atoms with Crippen molar-refractivity contribution >= 4 is 17.4 Å². The van der Waals surface area contributed by atoms with Crippen LogP contribution >= 0.6 is 11.8 Å². The molecule has 4 rings (SSSR count). The number of aromatic nitrogens is 3. The molecule has 0 fully saturated rings. The summed E-state index contributed by atoms with van der Waals surface area (Å²) in [5.74, 6) is 0.425. The van der Waals surface area contributed by atoms with Gasteiger partial charge in [-0.2, -0.15) is 0 Å². The summed E-state index contributed by atoms with van der Waals surface area (Å²) in [6, 6.07) is 24.1. The Morgan fingerprint density at radius 1 is 0.828 bits per heavy atom. The van der Waals surface area contributed by atoms with Gasteiger partial charge in [-0.05, 0) is 31.2 Å². The lowest BCUT2D eigenvalue weighted by Gasteiger charge is -2.09. The van der Waals surface area contributed by atoms with E-state index in [0.717, 1.165) is 21.0 Å². The fourth-order valence-corrected chi connectivity index (χ4v) is 3.63. The SMILES string of the molecule is Cc1ccc(-c2nnc(-c3ccc([N+](=O)[O-])cc3)nc2Sc2ccccc2)cc1. The predicted octanol–water partition coefficient (Wildman–Crippen LogP) is 5.57. The summed E-state index contributed by atoms with van der Waals surface area (Å²) in [6.45, 7) is 2.03. The molecule has 0 saturated carbocycles. The van der Waals surface area contributed by atoms with Gasteiger partial charge in [0.25, 0.3) is 5.69 Å². The quantitative estimate of drug-likeness (QED) is 0.322. The zero-order valence-corrected chi connectivity index (χ0v) is 16.3. The first-order valence-corrected chi connectivity index (χ1v) is 9.71. The second-order valence-electron chi connectivity index (χ2n) is 6.37. The Morgan fingerprint density at radius 3 is 2.14 bits per heavy atom. The van der Waals surface area contributed by atoms with Crippen LogP contribution in [0.2, 0.25) is 0 Å². The molecule has 29 heavy (non-hydrogen) atoms. The lowest BCUT2D eigenvalue weighted by atomic mass is 10.1. The van der Waals surface area contributed by atoms with Gasteiger partial charge in [-0.3, -0.25) is 10.1 Å². The molecule has 0 aliphatic carbocycles. The van der Waals surface area contributed by atoms with Crippen LogP contribution in [0.15, 0.2) is 88.8 Å². The molecule has 1 aromatic heterocycles. The Hall–Kier alpha value is -3.58. The molecule has 142 valence electrons. The minimum atomic E-state index is -0.430. The zero-order valence-electron chi connectivity index (χ0n) is 15.5. The maximum atomic E-state index is 10.9. The Balaban J connectivity index is 1.77. The van der Waals surface area contributed by atoms with Crippen LogP contribution in [-0.2, 0) is 0 Å². The summed E-state index contributed by atoms with van der Waals surface area (Å²) in [7, 11) is 0. The largest absolute Gasteiger partial charge is 0.269 e. The molecule has 0 unspecified atom stereocenters. The second kappa shape index (κ2) is 8.20. The molecule has 0 amide bonds. The van der Waals surface area contributed by atoms with Crippen LogP contribution < -0.4 is 0 Å². The highest BCUT2D eigenvalue weighted by molar-refractivity contribution is 7.99. The van der Waals surface area contributed by atoms with Crippen molar-refractivity contribution < 1.29 is 4.92 Å². The highest BCUT2D eigenvalue weighted by Gasteiger charge is 2.15. The molecule has 0 atom stereocenters. The molecule has 1 heterocycles. The lowest BCUT2D eigenvalue weighted by molar-refractivity contribution is -0.384. The summed E-state index contributed by atoms with van der Waals surface area (Å²) in [5.41, 5.74) is 3.49. The fraction of sp³-hybridized carbons (Fsp3) is 0.0455. The number of aryl methyl sites for hydroxylation is 1. The van der Waals surface area contributed by atoms with Crippen LogP contribution in [0.3, 0.4) is 0 Å². The highest BCUT2D eigenvalue weighted by Crippen LogP contribution is 2.34. The molecule has 4 aromatic rings. The zero-order chi connectivity index (χ0) is 20.2. The molecular formula is C22H16N4O2S. The number of hydrogen-bond donors (Lipinski definition) is 0. The van der Waals surface area contributed by atoms with E-state index in [1.54, 1.807) is 12.1 Å².